The Morgan fingerprint density at radius 1 is 1.16 bits per heavy atom. The number of carbonyl (C=O) groups is 2. The molecule has 2 aliphatic heterocycles. The monoisotopic (exact) mass is 466 g/mol. The number of unbranched alkanes of at least 4 members (excludes halogenated alkanes) is 1. The van der Waals surface area contributed by atoms with Crippen LogP contribution in [0.2, 0.25) is 0 Å². The summed E-state index contributed by atoms with van der Waals surface area (Å²) in [6, 6.07) is 3.73. The number of nitrogens with zero attached hydrogens (tertiary/aromatic N) is 2. The van der Waals surface area contributed by atoms with Crippen molar-refractivity contribution < 1.29 is 14.3 Å². The van der Waals surface area contributed by atoms with E-state index < -0.39 is 0 Å². The molecular formula is C22H34N4O3S2. The van der Waals surface area contributed by atoms with Gasteiger partial charge in [-0.05, 0) is 31.4 Å². The van der Waals surface area contributed by atoms with Gasteiger partial charge in [0.1, 0.15) is 0 Å². The van der Waals surface area contributed by atoms with E-state index in [2.05, 4.69) is 20.5 Å². The van der Waals surface area contributed by atoms with Gasteiger partial charge in [0.05, 0.1) is 18.8 Å². The first-order chi connectivity index (χ1) is 15.2. The molecule has 2 amide bonds. The molecule has 0 aliphatic carbocycles. The maximum atomic E-state index is 12.3. The molecule has 7 nitrogen and oxygen atoms in total. The lowest BCUT2D eigenvalue weighted by molar-refractivity contribution is -0.121. The molecule has 0 bridgehead atoms. The molecule has 1 atom stereocenters. The summed E-state index contributed by atoms with van der Waals surface area (Å²) in [5.74, 6) is 1.17. The maximum Gasteiger partial charge on any atom is 0.252 e. The Bertz CT molecular complexity index is 678. The smallest absolute Gasteiger partial charge is 0.252 e. The van der Waals surface area contributed by atoms with Crippen molar-refractivity contribution in [2.75, 3.05) is 51.7 Å². The van der Waals surface area contributed by atoms with Gasteiger partial charge in [-0.15, -0.1) is 0 Å². The van der Waals surface area contributed by atoms with Gasteiger partial charge in [0.25, 0.3) is 5.91 Å². The van der Waals surface area contributed by atoms with E-state index in [0.717, 1.165) is 63.1 Å². The minimum atomic E-state index is -0.159. The number of carbonyl (C=O) groups excluding carboxylic acids is 2. The number of hydrogen-bond acceptors (Lipinski definition) is 7. The van der Waals surface area contributed by atoms with Crippen LogP contribution in [0.25, 0.3) is 0 Å². The van der Waals surface area contributed by atoms with Crippen molar-refractivity contribution in [3.05, 3.63) is 29.6 Å². The highest BCUT2D eigenvalue weighted by Crippen LogP contribution is 2.39. The lowest BCUT2D eigenvalue weighted by Gasteiger charge is -2.26. The largest absolute Gasteiger partial charge is 0.379 e. The molecule has 2 saturated heterocycles. The molecule has 31 heavy (non-hydrogen) atoms. The summed E-state index contributed by atoms with van der Waals surface area (Å²) in [5.41, 5.74) is 1.53. The van der Waals surface area contributed by atoms with Crippen LogP contribution >= 0.6 is 21.6 Å². The fraction of sp³-hybridized carbons (Fsp3) is 0.682. The van der Waals surface area contributed by atoms with E-state index in [0.29, 0.717) is 25.1 Å². The van der Waals surface area contributed by atoms with Gasteiger partial charge in [-0.3, -0.25) is 19.5 Å². The van der Waals surface area contributed by atoms with E-state index in [-0.39, 0.29) is 11.8 Å². The van der Waals surface area contributed by atoms with E-state index in [4.69, 9.17) is 4.74 Å². The molecule has 0 spiro atoms. The Balaban J connectivity index is 1.23. The van der Waals surface area contributed by atoms with Gasteiger partial charge in [0, 0.05) is 68.5 Å². The molecule has 1 aromatic heterocycles. The van der Waals surface area contributed by atoms with Crippen molar-refractivity contribution in [3.63, 3.8) is 0 Å². The van der Waals surface area contributed by atoms with Crippen molar-refractivity contribution >= 4 is 33.4 Å². The Morgan fingerprint density at radius 2 is 2.00 bits per heavy atom. The van der Waals surface area contributed by atoms with E-state index in [9.17, 15) is 9.59 Å². The summed E-state index contributed by atoms with van der Waals surface area (Å²) in [4.78, 5) is 31.0. The number of morpholine rings is 1. The lowest BCUT2D eigenvalue weighted by atomic mass is 10.1. The van der Waals surface area contributed by atoms with Gasteiger partial charge in [-0.25, -0.2) is 0 Å². The van der Waals surface area contributed by atoms with Crippen molar-refractivity contribution in [2.45, 2.75) is 43.8 Å². The number of hydrogen-bond donors (Lipinski definition) is 2. The zero-order chi connectivity index (χ0) is 21.7. The molecule has 0 radical (unpaired) electrons. The Kier molecular flexibility index (Phi) is 11.0. The second kappa shape index (κ2) is 14.0. The summed E-state index contributed by atoms with van der Waals surface area (Å²) in [7, 11) is 3.96. The van der Waals surface area contributed by atoms with Crippen LogP contribution in [-0.2, 0) is 16.0 Å². The van der Waals surface area contributed by atoms with Gasteiger partial charge in [-0.1, -0.05) is 28.0 Å². The summed E-state index contributed by atoms with van der Waals surface area (Å²) in [6.07, 6.45) is 7.61. The van der Waals surface area contributed by atoms with Crippen molar-refractivity contribution in [1.82, 2.24) is 20.5 Å². The van der Waals surface area contributed by atoms with Gasteiger partial charge in [0.2, 0.25) is 5.91 Å². The van der Waals surface area contributed by atoms with Crippen LogP contribution in [0.15, 0.2) is 18.3 Å². The third-order valence-electron chi connectivity index (χ3n) is 5.51. The van der Waals surface area contributed by atoms with Crippen LogP contribution in [0.3, 0.4) is 0 Å². The molecule has 2 aliphatic rings. The van der Waals surface area contributed by atoms with Crippen LogP contribution in [0.5, 0.6) is 0 Å². The van der Waals surface area contributed by atoms with Crippen molar-refractivity contribution in [3.8, 4) is 0 Å². The highest BCUT2D eigenvalue weighted by atomic mass is 33.1. The number of aromatic nitrogens is 1. The zero-order valence-electron chi connectivity index (χ0n) is 18.1. The SMILES string of the molecule is O=C(CCCCC1CCSS1)NCCNC(=O)c1ccc(CCN2CCOCC2)nc1. The van der Waals surface area contributed by atoms with Crippen LogP contribution in [0.4, 0.5) is 0 Å². The summed E-state index contributed by atoms with van der Waals surface area (Å²) >= 11 is 0. The maximum absolute atomic E-state index is 12.3. The van der Waals surface area contributed by atoms with Crippen LogP contribution in [0.1, 0.15) is 48.2 Å². The minimum absolute atomic E-state index is 0.0639. The second-order valence-electron chi connectivity index (χ2n) is 7.92. The molecule has 3 rings (SSSR count). The Morgan fingerprint density at radius 3 is 2.74 bits per heavy atom. The first-order valence-electron chi connectivity index (χ1n) is 11.3. The molecule has 172 valence electrons. The van der Waals surface area contributed by atoms with Crippen LogP contribution in [-0.4, -0.2) is 78.6 Å². The fourth-order valence-corrected chi connectivity index (χ4v) is 6.62. The van der Waals surface area contributed by atoms with E-state index in [1.165, 1.54) is 18.6 Å². The Labute approximate surface area is 193 Å². The summed E-state index contributed by atoms with van der Waals surface area (Å²) in [6.45, 7) is 5.36. The number of ether oxygens (including phenoxy) is 1. The third-order valence-corrected chi connectivity index (χ3v) is 8.52. The fourth-order valence-electron chi connectivity index (χ4n) is 3.59. The van der Waals surface area contributed by atoms with Gasteiger partial charge >= 0.3 is 0 Å². The van der Waals surface area contributed by atoms with E-state index in [1.807, 2.05) is 33.7 Å². The molecule has 1 unspecified atom stereocenters. The number of rotatable bonds is 12. The quantitative estimate of drug-likeness (QED) is 0.362. The number of amides is 2. The summed E-state index contributed by atoms with van der Waals surface area (Å²) in [5, 5.41) is 6.50. The van der Waals surface area contributed by atoms with Crippen molar-refractivity contribution in [1.29, 1.82) is 0 Å². The van der Waals surface area contributed by atoms with Gasteiger partial charge in [-0.2, -0.15) is 0 Å². The summed E-state index contributed by atoms with van der Waals surface area (Å²) < 4.78 is 5.36. The molecular weight excluding hydrogens is 432 g/mol. The van der Waals surface area contributed by atoms with Crippen LogP contribution < -0.4 is 10.6 Å². The van der Waals surface area contributed by atoms with E-state index in [1.54, 1.807) is 6.20 Å². The topological polar surface area (TPSA) is 83.6 Å². The van der Waals surface area contributed by atoms with Crippen LogP contribution in [0, 0.1) is 0 Å². The molecule has 2 N–H and O–H groups in total. The first kappa shape index (κ1) is 24.4. The minimum Gasteiger partial charge on any atom is -0.379 e. The second-order valence-corrected chi connectivity index (χ2v) is 10.7. The van der Waals surface area contributed by atoms with Gasteiger partial charge in [0.15, 0.2) is 0 Å². The predicted octanol–water partition coefficient (Wildman–Crippen LogP) is 2.52. The number of pyridine rings is 1. The number of nitrogens with one attached hydrogen (secondary N) is 2. The molecule has 0 aromatic carbocycles. The average molecular weight is 467 g/mol. The highest BCUT2D eigenvalue weighted by Gasteiger charge is 2.16. The molecule has 2 fully saturated rings. The van der Waals surface area contributed by atoms with Gasteiger partial charge < -0.3 is 15.4 Å². The Hall–Kier alpha value is -1.29. The lowest BCUT2D eigenvalue weighted by Crippen LogP contribution is -2.37. The predicted molar refractivity (Wildman–Crippen MR) is 127 cm³/mol. The van der Waals surface area contributed by atoms with Crippen molar-refractivity contribution in [2.24, 2.45) is 0 Å². The highest BCUT2D eigenvalue weighted by molar-refractivity contribution is 8.77. The third kappa shape index (κ3) is 9.39. The first-order valence-corrected chi connectivity index (χ1v) is 13.7. The zero-order valence-corrected chi connectivity index (χ0v) is 19.8. The standard InChI is InChI=1S/C22H34N4O3S2/c27-21(4-2-1-3-20-8-16-30-31-20)23-9-10-24-22(28)18-5-6-19(25-17-18)7-11-26-12-14-29-15-13-26/h5-6,17,20H,1-4,7-16H2,(H,23,27)(H,24,28). The molecule has 3 heterocycles. The average Bonchev–Trinajstić information content (AvgIpc) is 3.33. The van der Waals surface area contributed by atoms with E-state index >= 15 is 0 Å². The normalized spacial score (nSPS) is 19.3. The molecule has 9 heteroatoms. The molecule has 0 saturated carbocycles. The molecule has 1 aromatic rings.